The van der Waals surface area contributed by atoms with Crippen LogP contribution in [0.3, 0.4) is 0 Å². The molecule has 3 aromatic rings. The molecule has 34 heavy (non-hydrogen) atoms. The van der Waals surface area contributed by atoms with Gasteiger partial charge in [-0.25, -0.2) is 4.79 Å². The third kappa shape index (κ3) is 5.21. The standard InChI is InChI=1S/C29H31NO3S/c1-5-33-29(32)24-25(21-12-6-18(2)7-13-21)30-26(22-14-8-19(3)9-15-22)28(27(24)31)34-23-16-10-20(4)11-17-23/h6-17,25-26,28,30-31H,5H2,1-4H3/t25-,26-,28-/m0/s1. The van der Waals surface area contributed by atoms with Gasteiger partial charge in [0, 0.05) is 4.90 Å². The van der Waals surface area contributed by atoms with Gasteiger partial charge < -0.3 is 9.84 Å². The Morgan fingerprint density at radius 3 is 1.88 bits per heavy atom. The van der Waals surface area contributed by atoms with Crippen LogP contribution < -0.4 is 5.32 Å². The highest BCUT2D eigenvalue weighted by molar-refractivity contribution is 8.00. The fourth-order valence-electron chi connectivity index (χ4n) is 4.19. The molecule has 1 aliphatic heterocycles. The molecule has 0 saturated carbocycles. The van der Waals surface area contributed by atoms with Crippen molar-refractivity contribution in [2.45, 2.75) is 49.9 Å². The van der Waals surface area contributed by atoms with E-state index in [-0.39, 0.29) is 24.0 Å². The monoisotopic (exact) mass is 473 g/mol. The van der Waals surface area contributed by atoms with Gasteiger partial charge in [0.25, 0.3) is 0 Å². The summed E-state index contributed by atoms with van der Waals surface area (Å²) in [6.07, 6.45) is 0. The number of esters is 1. The number of ether oxygens (including phenoxy) is 1. The van der Waals surface area contributed by atoms with Crippen LogP contribution in [0.15, 0.2) is 89.0 Å². The van der Waals surface area contributed by atoms with Crippen LogP contribution in [0.1, 0.15) is 46.8 Å². The molecule has 0 unspecified atom stereocenters. The van der Waals surface area contributed by atoms with Crippen molar-refractivity contribution in [1.82, 2.24) is 5.32 Å². The maximum Gasteiger partial charge on any atom is 0.339 e. The van der Waals surface area contributed by atoms with Crippen molar-refractivity contribution in [3.8, 4) is 0 Å². The van der Waals surface area contributed by atoms with Gasteiger partial charge in [0.15, 0.2) is 0 Å². The number of hydrogen-bond acceptors (Lipinski definition) is 5. The second kappa shape index (κ2) is 10.5. The predicted molar refractivity (Wildman–Crippen MR) is 138 cm³/mol. The average Bonchev–Trinajstić information content (AvgIpc) is 2.82. The third-order valence-electron chi connectivity index (χ3n) is 6.11. The molecule has 0 aliphatic carbocycles. The quantitative estimate of drug-likeness (QED) is 0.399. The molecular weight excluding hydrogens is 442 g/mol. The van der Waals surface area contributed by atoms with Crippen LogP contribution in [-0.2, 0) is 9.53 Å². The average molecular weight is 474 g/mol. The van der Waals surface area contributed by atoms with Crippen molar-refractivity contribution in [2.75, 3.05) is 6.61 Å². The summed E-state index contributed by atoms with van der Waals surface area (Å²) in [5.41, 5.74) is 5.72. The molecule has 0 bridgehead atoms. The highest BCUT2D eigenvalue weighted by Crippen LogP contribution is 2.44. The summed E-state index contributed by atoms with van der Waals surface area (Å²) in [5, 5.41) is 14.9. The summed E-state index contributed by atoms with van der Waals surface area (Å²) >= 11 is 1.55. The zero-order valence-corrected chi connectivity index (χ0v) is 20.9. The number of carbonyl (C=O) groups is 1. The van der Waals surface area contributed by atoms with Crippen molar-refractivity contribution >= 4 is 17.7 Å². The number of thioether (sulfide) groups is 1. The summed E-state index contributed by atoms with van der Waals surface area (Å²) in [5.74, 6) is -0.422. The Hall–Kier alpha value is -3.02. The minimum absolute atomic E-state index is 0.0684. The number of rotatable bonds is 6. The van der Waals surface area contributed by atoms with E-state index >= 15 is 0 Å². The van der Waals surface area contributed by atoms with E-state index in [0.29, 0.717) is 0 Å². The summed E-state index contributed by atoms with van der Waals surface area (Å²) in [7, 11) is 0. The van der Waals surface area contributed by atoms with Gasteiger partial charge in [-0.3, -0.25) is 5.32 Å². The van der Waals surface area contributed by atoms with Gasteiger partial charge in [-0.05, 0) is 51.0 Å². The van der Waals surface area contributed by atoms with Gasteiger partial charge in [0.2, 0.25) is 0 Å². The number of aryl methyl sites for hydroxylation is 3. The van der Waals surface area contributed by atoms with Crippen LogP contribution in [-0.4, -0.2) is 22.9 Å². The second-order valence-electron chi connectivity index (χ2n) is 8.77. The topological polar surface area (TPSA) is 58.6 Å². The smallest absolute Gasteiger partial charge is 0.339 e. The van der Waals surface area contributed by atoms with Gasteiger partial charge in [0.1, 0.15) is 5.76 Å². The Kier molecular flexibility index (Phi) is 7.44. The third-order valence-corrected chi connectivity index (χ3v) is 7.40. The lowest BCUT2D eigenvalue weighted by Crippen LogP contribution is -2.43. The molecule has 0 aromatic heterocycles. The van der Waals surface area contributed by atoms with Crippen LogP contribution in [0.25, 0.3) is 0 Å². The summed E-state index contributed by atoms with van der Waals surface area (Å²) in [6.45, 7) is 8.16. The van der Waals surface area contributed by atoms with Gasteiger partial charge in [-0.1, -0.05) is 77.4 Å². The first-order valence-corrected chi connectivity index (χ1v) is 12.5. The lowest BCUT2D eigenvalue weighted by molar-refractivity contribution is -0.139. The van der Waals surface area contributed by atoms with Crippen LogP contribution in [0.2, 0.25) is 0 Å². The molecule has 0 fully saturated rings. The largest absolute Gasteiger partial charge is 0.510 e. The normalized spacial score (nSPS) is 20.3. The molecule has 4 rings (SSSR count). The van der Waals surface area contributed by atoms with Crippen LogP contribution >= 0.6 is 11.8 Å². The van der Waals surface area contributed by atoms with E-state index in [4.69, 9.17) is 4.74 Å². The number of aliphatic hydroxyl groups excluding tert-OH is 1. The molecule has 176 valence electrons. The minimum atomic E-state index is -0.491. The molecule has 0 amide bonds. The maximum absolute atomic E-state index is 13.1. The van der Waals surface area contributed by atoms with Crippen molar-refractivity contribution in [3.05, 3.63) is 112 Å². The molecule has 3 atom stereocenters. The van der Waals surface area contributed by atoms with Crippen molar-refractivity contribution in [1.29, 1.82) is 0 Å². The second-order valence-corrected chi connectivity index (χ2v) is 9.98. The maximum atomic E-state index is 13.1. The van der Waals surface area contributed by atoms with Crippen molar-refractivity contribution < 1.29 is 14.6 Å². The van der Waals surface area contributed by atoms with Gasteiger partial charge >= 0.3 is 5.97 Å². The van der Waals surface area contributed by atoms with E-state index in [0.717, 1.165) is 21.6 Å². The molecule has 1 aliphatic rings. The number of aliphatic hydroxyl groups is 1. The summed E-state index contributed by atoms with van der Waals surface area (Å²) < 4.78 is 5.39. The molecule has 1 heterocycles. The first-order chi connectivity index (χ1) is 16.4. The highest BCUT2D eigenvalue weighted by Gasteiger charge is 2.42. The fraction of sp³-hybridized carbons (Fsp3) is 0.276. The number of carbonyl (C=O) groups excluding carboxylic acids is 1. The van der Waals surface area contributed by atoms with E-state index in [9.17, 15) is 9.90 Å². The number of benzene rings is 3. The number of nitrogens with one attached hydrogen (secondary N) is 1. The van der Waals surface area contributed by atoms with Crippen LogP contribution in [0.4, 0.5) is 0 Å². The van der Waals surface area contributed by atoms with E-state index in [2.05, 4.69) is 60.8 Å². The van der Waals surface area contributed by atoms with E-state index in [1.54, 1.807) is 18.7 Å². The SMILES string of the molecule is CCOC(=O)C1=C(O)[C@@H](Sc2ccc(C)cc2)[C@H](c2ccc(C)cc2)N[C@H]1c1ccc(C)cc1. The van der Waals surface area contributed by atoms with Gasteiger partial charge in [-0.2, -0.15) is 0 Å². The molecule has 0 radical (unpaired) electrons. The Morgan fingerprint density at radius 2 is 1.35 bits per heavy atom. The van der Waals surface area contributed by atoms with Gasteiger partial charge in [0.05, 0.1) is 29.5 Å². The first kappa shape index (κ1) is 24.1. The molecule has 5 heteroatoms. The Labute approximate surface area is 206 Å². The molecule has 0 saturated heterocycles. The molecule has 4 nitrogen and oxygen atoms in total. The van der Waals surface area contributed by atoms with E-state index < -0.39 is 17.3 Å². The Morgan fingerprint density at radius 1 is 0.853 bits per heavy atom. The fourth-order valence-corrected chi connectivity index (χ4v) is 5.39. The molecule has 3 aromatic carbocycles. The van der Waals surface area contributed by atoms with E-state index in [1.165, 1.54) is 11.1 Å². The zero-order chi connectivity index (χ0) is 24.2. The lowest BCUT2D eigenvalue weighted by Gasteiger charge is -2.38. The van der Waals surface area contributed by atoms with Crippen LogP contribution in [0.5, 0.6) is 0 Å². The van der Waals surface area contributed by atoms with E-state index in [1.807, 2.05) is 38.1 Å². The molecular formula is C29H31NO3S. The highest BCUT2D eigenvalue weighted by atomic mass is 32.2. The first-order valence-electron chi connectivity index (χ1n) is 11.6. The minimum Gasteiger partial charge on any atom is -0.510 e. The molecule has 2 N–H and O–H groups in total. The van der Waals surface area contributed by atoms with Crippen molar-refractivity contribution in [3.63, 3.8) is 0 Å². The van der Waals surface area contributed by atoms with Gasteiger partial charge in [-0.15, -0.1) is 11.8 Å². The summed E-state index contributed by atoms with van der Waals surface area (Å²) in [6, 6.07) is 23.9. The number of hydrogen-bond donors (Lipinski definition) is 2. The Bertz CT molecular complexity index is 1170. The lowest BCUT2D eigenvalue weighted by atomic mass is 9.87. The Balaban J connectivity index is 1.84. The summed E-state index contributed by atoms with van der Waals surface area (Å²) in [4.78, 5) is 14.1. The predicted octanol–water partition coefficient (Wildman–Crippen LogP) is 6.53. The van der Waals surface area contributed by atoms with Crippen LogP contribution in [0, 0.1) is 20.8 Å². The molecule has 0 spiro atoms. The van der Waals surface area contributed by atoms with Crippen molar-refractivity contribution in [2.24, 2.45) is 0 Å². The zero-order valence-electron chi connectivity index (χ0n) is 20.0.